The van der Waals surface area contributed by atoms with Crippen LogP contribution in [-0.2, 0) is 12.8 Å². The highest BCUT2D eigenvalue weighted by atomic mass is 35.5. The standard InChI is InChI=1S/C19H25N3O2.2ClH/c1-23-17-9-14-16(10-18(17)24-2)22-15-7-3-6-13(15)19(14)21-12-5-4-8-20-11-12;;/h9-10,12,20H,3-8,11H2,1-2H3,(H,21,22);2*1H/t12-;;/m1../s1. The van der Waals surface area contributed by atoms with Crippen LogP contribution in [0.2, 0.25) is 0 Å². The van der Waals surface area contributed by atoms with Crippen molar-refractivity contribution in [3.63, 3.8) is 0 Å². The molecule has 0 bridgehead atoms. The third-order valence-electron chi connectivity index (χ3n) is 5.16. The number of fused-ring (bicyclic) bond motifs is 2. The Hall–Kier alpha value is -1.43. The van der Waals surface area contributed by atoms with Gasteiger partial charge >= 0.3 is 0 Å². The fraction of sp³-hybridized carbons (Fsp3) is 0.526. The number of hydrogen-bond acceptors (Lipinski definition) is 5. The van der Waals surface area contributed by atoms with Gasteiger partial charge in [-0.3, -0.25) is 4.98 Å². The first-order valence-electron chi connectivity index (χ1n) is 8.85. The summed E-state index contributed by atoms with van der Waals surface area (Å²) in [5.74, 6) is 1.50. The Labute approximate surface area is 167 Å². The molecular formula is C19H27Cl2N3O2. The average molecular weight is 400 g/mol. The van der Waals surface area contributed by atoms with E-state index in [9.17, 15) is 0 Å². The minimum Gasteiger partial charge on any atom is -0.493 e. The predicted molar refractivity (Wildman–Crippen MR) is 111 cm³/mol. The fourth-order valence-corrected chi connectivity index (χ4v) is 3.93. The lowest BCUT2D eigenvalue weighted by Crippen LogP contribution is -2.38. The highest BCUT2D eigenvalue weighted by molar-refractivity contribution is 5.96. The topological polar surface area (TPSA) is 55.4 Å². The Kier molecular flexibility index (Phi) is 7.21. The Morgan fingerprint density at radius 3 is 2.54 bits per heavy atom. The molecule has 2 N–H and O–H groups in total. The number of halogens is 2. The molecule has 2 heterocycles. The van der Waals surface area contributed by atoms with Gasteiger partial charge in [-0.15, -0.1) is 24.8 Å². The third kappa shape index (κ3) is 3.80. The SMILES string of the molecule is COc1cc2nc3c(c(N[C@@H]4CCCNC4)c2cc1OC)CCC3.Cl.Cl. The van der Waals surface area contributed by atoms with Gasteiger partial charge in [0, 0.05) is 35.4 Å². The highest BCUT2D eigenvalue weighted by Crippen LogP contribution is 2.39. The van der Waals surface area contributed by atoms with Crippen LogP contribution >= 0.6 is 24.8 Å². The van der Waals surface area contributed by atoms with Crippen LogP contribution < -0.4 is 20.1 Å². The smallest absolute Gasteiger partial charge is 0.162 e. The number of methoxy groups -OCH3 is 2. The fourth-order valence-electron chi connectivity index (χ4n) is 3.93. The summed E-state index contributed by atoms with van der Waals surface area (Å²) in [7, 11) is 3.35. The van der Waals surface area contributed by atoms with Crippen LogP contribution in [0.3, 0.4) is 0 Å². The number of nitrogens with one attached hydrogen (secondary N) is 2. The van der Waals surface area contributed by atoms with Crippen molar-refractivity contribution in [2.24, 2.45) is 0 Å². The first-order valence-corrected chi connectivity index (χ1v) is 8.85. The molecule has 0 spiro atoms. The number of benzene rings is 1. The van der Waals surface area contributed by atoms with Crippen LogP contribution in [0.1, 0.15) is 30.5 Å². The predicted octanol–water partition coefficient (Wildman–Crippen LogP) is 3.75. The normalized spacial score (nSPS) is 18.5. The van der Waals surface area contributed by atoms with Crippen molar-refractivity contribution < 1.29 is 9.47 Å². The van der Waals surface area contributed by atoms with Gasteiger partial charge < -0.3 is 20.1 Å². The van der Waals surface area contributed by atoms with Gasteiger partial charge in [0.05, 0.1) is 19.7 Å². The molecule has 0 amide bonds. The molecule has 144 valence electrons. The molecule has 5 nitrogen and oxygen atoms in total. The molecule has 1 atom stereocenters. The zero-order valence-electron chi connectivity index (χ0n) is 15.3. The van der Waals surface area contributed by atoms with Crippen molar-refractivity contribution >= 4 is 41.4 Å². The van der Waals surface area contributed by atoms with E-state index < -0.39 is 0 Å². The van der Waals surface area contributed by atoms with Crippen molar-refractivity contribution in [2.75, 3.05) is 32.6 Å². The molecule has 1 aliphatic carbocycles. The minimum atomic E-state index is 0. The second-order valence-corrected chi connectivity index (χ2v) is 6.68. The maximum absolute atomic E-state index is 5.52. The van der Waals surface area contributed by atoms with E-state index in [2.05, 4.69) is 16.7 Å². The van der Waals surface area contributed by atoms with E-state index in [0.717, 1.165) is 48.3 Å². The van der Waals surface area contributed by atoms with Crippen molar-refractivity contribution in [3.05, 3.63) is 23.4 Å². The molecule has 0 radical (unpaired) electrons. The van der Waals surface area contributed by atoms with Gasteiger partial charge in [0.25, 0.3) is 0 Å². The van der Waals surface area contributed by atoms with Gasteiger partial charge in [-0.05, 0) is 50.3 Å². The zero-order valence-corrected chi connectivity index (χ0v) is 16.9. The number of pyridine rings is 1. The summed E-state index contributed by atoms with van der Waals surface area (Å²) in [5, 5.41) is 8.44. The van der Waals surface area contributed by atoms with Crippen LogP contribution in [0.25, 0.3) is 10.9 Å². The molecule has 7 heteroatoms. The lowest BCUT2D eigenvalue weighted by atomic mass is 10.0. The van der Waals surface area contributed by atoms with E-state index in [-0.39, 0.29) is 24.8 Å². The number of piperidine rings is 1. The zero-order chi connectivity index (χ0) is 16.5. The number of aryl methyl sites for hydroxylation is 1. The van der Waals surface area contributed by atoms with E-state index in [4.69, 9.17) is 14.5 Å². The van der Waals surface area contributed by atoms with E-state index in [1.54, 1.807) is 14.2 Å². The summed E-state index contributed by atoms with van der Waals surface area (Å²) >= 11 is 0. The van der Waals surface area contributed by atoms with Gasteiger partial charge in [-0.2, -0.15) is 0 Å². The summed E-state index contributed by atoms with van der Waals surface area (Å²) in [4.78, 5) is 4.90. The second kappa shape index (κ2) is 8.98. The summed E-state index contributed by atoms with van der Waals surface area (Å²) in [6.07, 6.45) is 5.79. The van der Waals surface area contributed by atoms with Gasteiger partial charge in [0.15, 0.2) is 11.5 Å². The van der Waals surface area contributed by atoms with Crippen LogP contribution in [0.15, 0.2) is 12.1 Å². The Morgan fingerprint density at radius 1 is 1.08 bits per heavy atom. The molecule has 1 fully saturated rings. The van der Waals surface area contributed by atoms with E-state index >= 15 is 0 Å². The first-order chi connectivity index (χ1) is 11.8. The van der Waals surface area contributed by atoms with Crippen molar-refractivity contribution in [1.29, 1.82) is 0 Å². The van der Waals surface area contributed by atoms with Crippen molar-refractivity contribution in [3.8, 4) is 11.5 Å². The highest BCUT2D eigenvalue weighted by Gasteiger charge is 2.23. The number of hydrogen-bond donors (Lipinski definition) is 2. The number of nitrogens with zero attached hydrogens (tertiary/aromatic N) is 1. The lowest BCUT2D eigenvalue weighted by molar-refractivity contribution is 0.356. The molecule has 1 aromatic carbocycles. The summed E-state index contributed by atoms with van der Waals surface area (Å²) in [6.45, 7) is 2.14. The Morgan fingerprint density at radius 2 is 1.85 bits per heavy atom. The second-order valence-electron chi connectivity index (χ2n) is 6.68. The van der Waals surface area contributed by atoms with Crippen LogP contribution in [0, 0.1) is 0 Å². The van der Waals surface area contributed by atoms with Crippen molar-refractivity contribution in [1.82, 2.24) is 10.3 Å². The summed E-state index contributed by atoms with van der Waals surface area (Å²) < 4.78 is 11.0. The summed E-state index contributed by atoms with van der Waals surface area (Å²) in [5.41, 5.74) is 4.86. The van der Waals surface area contributed by atoms with Gasteiger partial charge in [0.1, 0.15) is 0 Å². The molecule has 0 unspecified atom stereocenters. The molecule has 4 rings (SSSR count). The van der Waals surface area contributed by atoms with Crippen LogP contribution in [0.5, 0.6) is 11.5 Å². The van der Waals surface area contributed by atoms with E-state index in [1.807, 2.05) is 6.07 Å². The van der Waals surface area contributed by atoms with Gasteiger partial charge in [-0.25, -0.2) is 0 Å². The van der Waals surface area contributed by atoms with Crippen molar-refractivity contribution in [2.45, 2.75) is 38.1 Å². The van der Waals surface area contributed by atoms with E-state index in [0.29, 0.717) is 6.04 Å². The molecule has 1 aliphatic heterocycles. The van der Waals surface area contributed by atoms with Gasteiger partial charge in [-0.1, -0.05) is 0 Å². The third-order valence-corrected chi connectivity index (χ3v) is 5.16. The molecule has 2 aromatic rings. The van der Waals surface area contributed by atoms with Gasteiger partial charge in [0.2, 0.25) is 0 Å². The average Bonchev–Trinajstić information content (AvgIpc) is 3.09. The molecule has 1 aromatic heterocycles. The number of rotatable bonds is 4. The molecule has 2 aliphatic rings. The largest absolute Gasteiger partial charge is 0.493 e. The maximum Gasteiger partial charge on any atom is 0.162 e. The van der Waals surface area contributed by atoms with E-state index in [1.165, 1.54) is 36.2 Å². The molecule has 0 saturated carbocycles. The van der Waals surface area contributed by atoms with Crippen LogP contribution in [-0.4, -0.2) is 38.3 Å². The molecular weight excluding hydrogens is 373 g/mol. The Bertz CT molecular complexity index is 764. The number of ether oxygens (including phenoxy) is 2. The quantitative estimate of drug-likeness (QED) is 0.819. The first kappa shape index (κ1) is 20.9. The summed E-state index contributed by atoms with van der Waals surface area (Å²) in [6, 6.07) is 4.54. The van der Waals surface area contributed by atoms with Crippen LogP contribution in [0.4, 0.5) is 5.69 Å². The number of aromatic nitrogens is 1. The minimum absolute atomic E-state index is 0. The lowest BCUT2D eigenvalue weighted by Gasteiger charge is -2.27. The monoisotopic (exact) mass is 399 g/mol. The number of anilines is 1. The molecule has 26 heavy (non-hydrogen) atoms. The maximum atomic E-state index is 5.52. The molecule has 1 saturated heterocycles. The Balaban J connectivity index is 0.00000121.